The van der Waals surface area contributed by atoms with E-state index in [1.54, 1.807) is 25.1 Å². The van der Waals surface area contributed by atoms with Crippen molar-refractivity contribution in [1.29, 1.82) is 0 Å². The summed E-state index contributed by atoms with van der Waals surface area (Å²) in [4.78, 5) is 39.6. The van der Waals surface area contributed by atoms with Crippen molar-refractivity contribution in [2.75, 3.05) is 33.7 Å². The van der Waals surface area contributed by atoms with Gasteiger partial charge in [-0.2, -0.15) is 0 Å². The highest BCUT2D eigenvalue weighted by atomic mass is 16.6. The second-order valence-electron chi connectivity index (χ2n) is 9.27. The van der Waals surface area contributed by atoms with Crippen LogP contribution in [0.25, 0.3) is 0 Å². The number of amides is 2. The van der Waals surface area contributed by atoms with Crippen LogP contribution in [0.3, 0.4) is 0 Å². The standard InChI is InChI=1S/C21H29BN3O8/c1-24(2)20(27)15-7-12(9-23-15)8-17(26)25-10-14(11-25)32-16-4-3-13-5-6-22(30,31)33-19(13)18(16)21(28)29/h3-4,12,14-15,23,30-31H,5-11H2,1-2H3,(H,28,29)/q-1/p-1/t12-,15+/m1/s1. The maximum absolute atomic E-state index is 12.6. The summed E-state index contributed by atoms with van der Waals surface area (Å²) in [5, 5.41) is 34.5. The first kappa shape index (κ1) is 23.3. The number of hydrogen-bond acceptors (Lipinski definition) is 9. The molecule has 0 aromatic heterocycles. The van der Waals surface area contributed by atoms with Crippen molar-refractivity contribution in [1.82, 2.24) is 15.1 Å². The molecule has 2 atom stereocenters. The molecule has 3 heterocycles. The fraction of sp³-hybridized carbons (Fsp3) is 0.571. The normalized spacial score (nSPS) is 23.8. The summed E-state index contributed by atoms with van der Waals surface area (Å²) in [6, 6.07) is 2.86. The highest BCUT2D eigenvalue weighted by Gasteiger charge is 2.37. The number of aryl methyl sites for hydroxylation is 1. The van der Waals surface area contributed by atoms with E-state index in [1.165, 1.54) is 11.0 Å². The predicted octanol–water partition coefficient (Wildman–Crippen LogP) is -2.05. The van der Waals surface area contributed by atoms with Crippen LogP contribution in [-0.4, -0.2) is 90.3 Å². The Balaban J connectivity index is 1.33. The number of nitrogens with zero attached hydrogens (tertiary/aromatic N) is 2. The van der Waals surface area contributed by atoms with Gasteiger partial charge in [-0.3, -0.25) is 9.59 Å². The maximum atomic E-state index is 12.6. The molecule has 11 nitrogen and oxygen atoms in total. The third-order valence-electron chi connectivity index (χ3n) is 6.42. The lowest BCUT2D eigenvalue weighted by Crippen LogP contribution is -2.56. The van der Waals surface area contributed by atoms with Crippen LogP contribution in [0.5, 0.6) is 11.5 Å². The molecule has 3 aliphatic heterocycles. The summed E-state index contributed by atoms with van der Waals surface area (Å²) in [6.07, 6.45) is 0.757. The van der Waals surface area contributed by atoms with Crippen molar-refractivity contribution >= 4 is 24.5 Å². The molecule has 0 bridgehead atoms. The van der Waals surface area contributed by atoms with Crippen molar-refractivity contribution < 1.29 is 38.9 Å². The van der Waals surface area contributed by atoms with Gasteiger partial charge in [0.05, 0.1) is 36.4 Å². The van der Waals surface area contributed by atoms with Crippen LogP contribution in [-0.2, 0) is 16.0 Å². The second-order valence-corrected chi connectivity index (χ2v) is 9.27. The SMILES string of the molecule is CN(C)C(=O)[C@@H]1C[C@H](CC(=O)N2CC(Oc3ccc4c(c3C(=O)[O-])O[B-](O)(O)CC4)C2)CN1. The fourth-order valence-corrected chi connectivity index (χ4v) is 4.56. The largest absolute Gasteiger partial charge is 0.669 e. The minimum Gasteiger partial charge on any atom is -0.669 e. The van der Waals surface area contributed by atoms with E-state index in [1.807, 2.05) is 0 Å². The lowest BCUT2D eigenvalue weighted by atomic mass is 9.70. The van der Waals surface area contributed by atoms with Gasteiger partial charge in [-0.1, -0.05) is 12.4 Å². The van der Waals surface area contributed by atoms with E-state index in [2.05, 4.69) is 5.32 Å². The van der Waals surface area contributed by atoms with Crippen molar-refractivity contribution in [2.45, 2.75) is 37.7 Å². The summed E-state index contributed by atoms with van der Waals surface area (Å²) in [7, 11) is 3.40. The molecule has 3 aliphatic rings. The van der Waals surface area contributed by atoms with Gasteiger partial charge in [0.2, 0.25) is 11.8 Å². The fourth-order valence-electron chi connectivity index (χ4n) is 4.56. The molecule has 1 aromatic carbocycles. The Morgan fingerprint density at radius 2 is 2.03 bits per heavy atom. The van der Waals surface area contributed by atoms with Gasteiger partial charge in [0, 0.05) is 20.5 Å². The third kappa shape index (κ3) is 4.92. The first-order valence-corrected chi connectivity index (χ1v) is 11.1. The van der Waals surface area contributed by atoms with Gasteiger partial charge in [0.1, 0.15) is 11.9 Å². The van der Waals surface area contributed by atoms with Gasteiger partial charge in [-0.05, 0) is 36.9 Å². The van der Waals surface area contributed by atoms with Crippen molar-refractivity contribution in [3.63, 3.8) is 0 Å². The van der Waals surface area contributed by atoms with Gasteiger partial charge in [0.25, 0.3) is 0 Å². The molecule has 0 unspecified atom stereocenters. The van der Waals surface area contributed by atoms with Crippen LogP contribution in [0.4, 0.5) is 0 Å². The maximum Gasteiger partial charge on any atom is 0.430 e. The van der Waals surface area contributed by atoms with E-state index in [0.29, 0.717) is 38.0 Å². The van der Waals surface area contributed by atoms with E-state index in [-0.39, 0.29) is 53.6 Å². The van der Waals surface area contributed by atoms with Gasteiger partial charge in [-0.25, -0.2) is 0 Å². The van der Waals surface area contributed by atoms with Crippen LogP contribution >= 0.6 is 0 Å². The second kappa shape index (κ2) is 8.84. The predicted molar refractivity (Wildman–Crippen MR) is 114 cm³/mol. The summed E-state index contributed by atoms with van der Waals surface area (Å²) in [5.41, 5.74) is 0.170. The molecule has 2 amide bonds. The number of fused-ring (bicyclic) bond motifs is 1. The Morgan fingerprint density at radius 1 is 1.30 bits per heavy atom. The molecule has 0 aliphatic carbocycles. The number of carboxylic acids is 1. The minimum absolute atomic E-state index is 0.000884. The number of carbonyl (C=O) groups excluding carboxylic acids is 3. The van der Waals surface area contributed by atoms with E-state index >= 15 is 0 Å². The highest BCUT2D eigenvalue weighted by molar-refractivity contribution is 6.59. The Kier molecular flexibility index (Phi) is 6.25. The van der Waals surface area contributed by atoms with E-state index in [0.717, 1.165) is 0 Å². The molecular weight excluding hydrogens is 433 g/mol. The van der Waals surface area contributed by atoms with Crippen LogP contribution in [0.15, 0.2) is 12.1 Å². The average Bonchev–Trinajstić information content (AvgIpc) is 3.16. The number of benzene rings is 1. The molecule has 12 heteroatoms. The highest BCUT2D eigenvalue weighted by Crippen LogP contribution is 2.38. The van der Waals surface area contributed by atoms with Gasteiger partial charge < -0.3 is 44.5 Å². The van der Waals surface area contributed by atoms with Crippen LogP contribution in [0, 0.1) is 5.92 Å². The first-order valence-electron chi connectivity index (χ1n) is 11.1. The third-order valence-corrected chi connectivity index (χ3v) is 6.42. The smallest absolute Gasteiger partial charge is 0.430 e. The monoisotopic (exact) mass is 461 g/mol. The van der Waals surface area contributed by atoms with Crippen molar-refractivity contribution in [3.8, 4) is 11.5 Å². The molecule has 2 fully saturated rings. The minimum atomic E-state index is -3.14. The number of carboxylic acid groups (broad SMARTS) is 1. The number of likely N-dealkylation sites (N-methyl/N-ethyl adjacent to an activating group) is 1. The quantitative estimate of drug-likeness (QED) is 0.407. The summed E-state index contributed by atoms with van der Waals surface area (Å²) in [5.74, 6) is -1.65. The Labute approximate surface area is 191 Å². The van der Waals surface area contributed by atoms with Gasteiger partial charge in [-0.15, -0.1) is 0 Å². The topological polar surface area (TPSA) is 152 Å². The van der Waals surface area contributed by atoms with Gasteiger partial charge in [0.15, 0.2) is 0 Å². The zero-order valence-electron chi connectivity index (χ0n) is 18.7. The van der Waals surface area contributed by atoms with Crippen LogP contribution in [0.2, 0.25) is 6.32 Å². The number of aromatic carboxylic acids is 1. The van der Waals surface area contributed by atoms with E-state index in [9.17, 15) is 29.5 Å². The molecular formula is C21H28BN3O8-2. The number of rotatable bonds is 6. The molecule has 4 rings (SSSR count). The lowest BCUT2D eigenvalue weighted by molar-refractivity contribution is -0.255. The average molecular weight is 461 g/mol. The Hall–Kier alpha value is -2.83. The molecule has 33 heavy (non-hydrogen) atoms. The van der Waals surface area contributed by atoms with Crippen LogP contribution in [0.1, 0.15) is 28.8 Å². The van der Waals surface area contributed by atoms with Gasteiger partial charge >= 0.3 is 6.75 Å². The molecule has 0 spiro atoms. The summed E-state index contributed by atoms with van der Waals surface area (Å²) in [6.45, 7) is -1.93. The number of ether oxygens (including phenoxy) is 1. The van der Waals surface area contributed by atoms with E-state index < -0.39 is 18.8 Å². The molecule has 180 valence electrons. The molecule has 0 saturated carbocycles. The number of likely N-dealkylation sites (tertiary alicyclic amines) is 1. The van der Waals surface area contributed by atoms with Crippen molar-refractivity contribution in [2.24, 2.45) is 5.92 Å². The molecule has 0 radical (unpaired) electrons. The molecule has 3 N–H and O–H groups in total. The Bertz CT molecular complexity index is 963. The van der Waals surface area contributed by atoms with Crippen molar-refractivity contribution in [3.05, 3.63) is 23.3 Å². The Morgan fingerprint density at radius 3 is 2.70 bits per heavy atom. The lowest BCUT2D eigenvalue weighted by Gasteiger charge is -2.41. The van der Waals surface area contributed by atoms with Crippen LogP contribution < -0.4 is 19.8 Å². The zero-order chi connectivity index (χ0) is 23.9. The number of carbonyl (C=O) groups is 3. The summed E-state index contributed by atoms with van der Waals surface area (Å²) >= 11 is 0. The van der Waals surface area contributed by atoms with E-state index in [4.69, 9.17) is 9.39 Å². The number of hydrogen-bond donors (Lipinski definition) is 3. The zero-order valence-corrected chi connectivity index (χ0v) is 18.7. The summed E-state index contributed by atoms with van der Waals surface area (Å²) < 4.78 is 10.9. The first-order chi connectivity index (χ1) is 15.5. The molecule has 1 aromatic rings. The molecule has 2 saturated heterocycles. The number of nitrogens with one attached hydrogen (secondary N) is 1.